The van der Waals surface area contributed by atoms with Gasteiger partial charge in [0.05, 0.1) is 6.61 Å². The van der Waals surface area contributed by atoms with Crippen molar-refractivity contribution in [1.82, 2.24) is 15.5 Å². The van der Waals surface area contributed by atoms with Crippen molar-refractivity contribution in [3.8, 4) is 0 Å². The van der Waals surface area contributed by atoms with Crippen LogP contribution in [0.3, 0.4) is 0 Å². The Kier molecular flexibility index (Phi) is 10.2. The molecule has 2 N–H and O–H groups in total. The zero-order chi connectivity index (χ0) is 16.2. The molecule has 0 amide bonds. The van der Waals surface area contributed by atoms with E-state index in [1.165, 1.54) is 25.7 Å². The molecule has 0 radical (unpaired) electrons. The number of aliphatic imine (C=N–C) groups is 1. The molecule has 0 spiro atoms. The maximum absolute atomic E-state index is 5.16. The third-order valence-electron chi connectivity index (χ3n) is 4.55. The van der Waals surface area contributed by atoms with Crippen LogP contribution in [0.5, 0.6) is 0 Å². The Bertz CT molecular complexity index is 297. The average molecular weight is 313 g/mol. The maximum Gasteiger partial charge on any atom is 0.191 e. The first-order chi connectivity index (χ1) is 10.7. The molecule has 0 aromatic heterocycles. The number of piperidine rings is 1. The molecule has 0 aliphatic carbocycles. The van der Waals surface area contributed by atoms with Gasteiger partial charge in [-0.3, -0.25) is 4.99 Å². The molecule has 1 heterocycles. The number of nitrogens with zero attached hydrogens (tertiary/aromatic N) is 2. The molecular weight excluding hydrogens is 276 g/mol. The lowest BCUT2D eigenvalue weighted by molar-refractivity contribution is 0.128. The van der Waals surface area contributed by atoms with E-state index in [-0.39, 0.29) is 0 Å². The molecule has 0 bridgehead atoms. The van der Waals surface area contributed by atoms with Crippen LogP contribution in [-0.4, -0.2) is 63.3 Å². The minimum absolute atomic E-state index is 0.540. The van der Waals surface area contributed by atoms with E-state index in [1.807, 2.05) is 0 Å². The zero-order valence-electron chi connectivity index (χ0n) is 15.0. The molecule has 0 unspecified atom stereocenters. The van der Waals surface area contributed by atoms with Crippen LogP contribution in [0, 0.1) is 5.92 Å². The highest BCUT2D eigenvalue weighted by Gasteiger charge is 2.19. The van der Waals surface area contributed by atoms with Gasteiger partial charge in [0, 0.05) is 45.9 Å². The topological polar surface area (TPSA) is 48.9 Å². The first-order valence-corrected chi connectivity index (χ1v) is 8.99. The second-order valence-electron chi connectivity index (χ2n) is 6.16. The van der Waals surface area contributed by atoms with Crippen LogP contribution in [0.4, 0.5) is 0 Å². The molecule has 5 nitrogen and oxygen atoms in total. The lowest BCUT2D eigenvalue weighted by atomic mass is 10.0. The molecule has 5 heteroatoms. The van der Waals surface area contributed by atoms with Gasteiger partial charge >= 0.3 is 0 Å². The van der Waals surface area contributed by atoms with E-state index >= 15 is 0 Å². The summed E-state index contributed by atoms with van der Waals surface area (Å²) in [4.78, 5) is 7.26. The molecule has 0 atom stereocenters. The molecule has 1 aliphatic rings. The summed E-state index contributed by atoms with van der Waals surface area (Å²) in [5, 5.41) is 7.00. The summed E-state index contributed by atoms with van der Waals surface area (Å²) in [6, 6.07) is 0.540. The van der Waals surface area contributed by atoms with Crippen molar-refractivity contribution < 1.29 is 4.74 Å². The molecule has 1 saturated heterocycles. The summed E-state index contributed by atoms with van der Waals surface area (Å²) in [5.41, 5.74) is 0. The van der Waals surface area contributed by atoms with Gasteiger partial charge in [-0.25, -0.2) is 0 Å². The molecule has 22 heavy (non-hydrogen) atoms. The molecule has 0 aromatic carbocycles. The van der Waals surface area contributed by atoms with E-state index in [1.54, 1.807) is 7.11 Å². The Morgan fingerprint density at radius 1 is 1.23 bits per heavy atom. The van der Waals surface area contributed by atoms with Gasteiger partial charge in [-0.2, -0.15) is 0 Å². The SMILES string of the molecule is CCNC(=NCC(CC)CC)NC1CCN(CCOC)CC1. The highest BCUT2D eigenvalue weighted by atomic mass is 16.5. The summed E-state index contributed by atoms with van der Waals surface area (Å²) in [5.74, 6) is 1.69. The molecular formula is C17H36N4O. The van der Waals surface area contributed by atoms with Crippen LogP contribution in [0.25, 0.3) is 0 Å². The van der Waals surface area contributed by atoms with Crippen molar-refractivity contribution in [2.24, 2.45) is 10.9 Å². The Hall–Kier alpha value is -0.810. The van der Waals surface area contributed by atoms with E-state index in [4.69, 9.17) is 9.73 Å². The van der Waals surface area contributed by atoms with Crippen LogP contribution < -0.4 is 10.6 Å². The van der Waals surface area contributed by atoms with Crippen LogP contribution in [-0.2, 0) is 4.74 Å². The molecule has 1 rings (SSSR count). The molecule has 0 saturated carbocycles. The third kappa shape index (κ3) is 7.45. The maximum atomic E-state index is 5.16. The summed E-state index contributed by atoms with van der Waals surface area (Å²) in [6.07, 6.45) is 4.77. The van der Waals surface area contributed by atoms with Gasteiger partial charge in [-0.05, 0) is 25.7 Å². The first kappa shape index (κ1) is 19.2. The van der Waals surface area contributed by atoms with Crippen molar-refractivity contribution in [3.05, 3.63) is 0 Å². The van der Waals surface area contributed by atoms with Crippen LogP contribution in [0.15, 0.2) is 4.99 Å². The van der Waals surface area contributed by atoms with E-state index in [9.17, 15) is 0 Å². The van der Waals surface area contributed by atoms with Gasteiger partial charge in [-0.1, -0.05) is 26.7 Å². The number of likely N-dealkylation sites (tertiary alicyclic amines) is 1. The van der Waals surface area contributed by atoms with Gasteiger partial charge < -0.3 is 20.3 Å². The van der Waals surface area contributed by atoms with Crippen LogP contribution in [0.2, 0.25) is 0 Å². The highest BCUT2D eigenvalue weighted by Crippen LogP contribution is 2.10. The standard InChI is InChI=1S/C17H36N4O/c1-5-15(6-2)14-19-17(18-7-3)20-16-8-10-21(11-9-16)12-13-22-4/h15-16H,5-14H2,1-4H3,(H2,18,19,20). The van der Waals surface area contributed by atoms with Crippen LogP contribution >= 0.6 is 0 Å². The van der Waals surface area contributed by atoms with Gasteiger partial charge in [0.25, 0.3) is 0 Å². The Balaban J connectivity index is 2.39. The quantitative estimate of drug-likeness (QED) is 0.505. The van der Waals surface area contributed by atoms with Crippen molar-refractivity contribution in [2.45, 2.75) is 52.5 Å². The summed E-state index contributed by atoms with van der Waals surface area (Å²) >= 11 is 0. The smallest absolute Gasteiger partial charge is 0.191 e. The van der Waals surface area contributed by atoms with Crippen molar-refractivity contribution in [3.63, 3.8) is 0 Å². The van der Waals surface area contributed by atoms with Gasteiger partial charge in [0.15, 0.2) is 5.96 Å². The predicted octanol–water partition coefficient (Wildman–Crippen LogP) is 2.09. The number of methoxy groups -OCH3 is 1. The zero-order valence-corrected chi connectivity index (χ0v) is 15.0. The van der Waals surface area contributed by atoms with Gasteiger partial charge in [-0.15, -0.1) is 0 Å². The number of guanidine groups is 1. The number of rotatable bonds is 9. The number of ether oxygens (including phenoxy) is 1. The summed E-state index contributed by atoms with van der Waals surface area (Å²) in [7, 11) is 1.77. The van der Waals surface area contributed by atoms with Crippen molar-refractivity contribution >= 4 is 5.96 Å². The minimum Gasteiger partial charge on any atom is -0.383 e. The number of hydrogen-bond acceptors (Lipinski definition) is 3. The summed E-state index contributed by atoms with van der Waals surface area (Å²) < 4.78 is 5.16. The molecule has 1 aliphatic heterocycles. The number of nitrogens with one attached hydrogen (secondary N) is 2. The van der Waals surface area contributed by atoms with Crippen LogP contribution in [0.1, 0.15) is 46.5 Å². The van der Waals surface area contributed by atoms with Crippen molar-refractivity contribution in [1.29, 1.82) is 0 Å². The highest BCUT2D eigenvalue weighted by molar-refractivity contribution is 5.80. The second-order valence-corrected chi connectivity index (χ2v) is 6.16. The van der Waals surface area contributed by atoms with E-state index in [0.29, 0.717) is 12.0 Å². The molecule has 1 fully saturated rings. The Labute approximate surface area is 136 Å². The average Bonchev–Trinajstić information content (AvgIpc) is 2.55. The van der Waals surface area contributed by atoms with Crippen molar-refractivity contribution in [2.75, 3.05) is 46.4 Å². The minimum atomic E-state index is 0.540. The fourth-order valence-electron chi connectivity index (χ4n) is 2.80. The lowest BCUT2D eigenvalue weighted by Crippen LogP contribution is -2.49. The van der Waals surface area contributed by atoms with Gasteiger partial charge in [0.2, 0.25) is 0 Å². The van der Waals surface area contributed by atoms with Gasteiger partial charge in [0.1, 0.15) is 0 Å². The van der Waals surface area contributed by atoms with E-state index in [2.05, 4.69) is 36.3 Å². The summed E-state index contributed by atoms with van der Waals surface area (Å²) in [6.45, 7) is 12.6. The predicted molar refractivity (Wildman–Crippen MR) is 94.5 cm³/mol. The van der Waals surface area contributed by atoms with E-state index < -0.39 is 0 Å². The number of hydrogen-bond donors (Lipinski definition) is 2. The monoisotopic (exact) mass is 312 g/mol. The second kappa shape index (κ2) is 11.7. The third-order valence-corrected chi connectivity index (χ3v) is 4.55. The molecule has 0 aromatic rings. The molecule has 130 valence electrons. The first-order valence-electron chi connectivity index (χ1n) is 8.99. The fraction of sp³-hybridized carbons (Fsp3) is 0.941. The largest absolute Gasteiger partial charge is 0.383 e. The lowest BCUT2D eigenvalue weighted by Gasteiger charge is -2.33. The van der Waals surface area contributed by atoms with E-state index in [0.717, 1.165) is 45.3 Å². The Morgan fingerprint density at radius 2 is 1.91 bits per heavy atom. The Morgan fingerprint density at radius 3 is 2.45 bits per heavy atom. The normalized spacial score (nSPS) is 18.0. The fourth-order valence-corrected chi connectivity index (χ4v) is 2.80.